The number of carbonyl (C=O) groups excluding carboxylic acids is 1. The van der Waals surface area contributed by atoms with Crippen molar-refractivity contribution in [2.75, 3.05) is 31.1 Å². The normalized spacial score (nSPS) is 13.8. The number of piperazine rings is 1. The van der Waals surface area contributed by atoms with Crippen molar-refractivity contribution >= 4 is 22.8 Å². The van der Waals surface area contributed by atoms with Gasteiger partial charge in [-0.2, -0.15) is 0 Å². The van der Waals surface area contributed by atoms with Crippen LogP contribution < -0.4 is 4.90 Å². The lowest BCUT2D eigenvalue weighted by atomic mass is 10.1. The number of benzene rings is 3. The average Bonchev–Trinajstić information content (AvgIpc) is 3.34. The van der Waals surface area contributed by atoms with E-state index in [-0.39, 0.29) is 5.91 Å². The van der Waals surface area contributed by atoms with Crippen LogP contribution in [0.3, 0.4) is 0 Å². The molecule has 3 aromatic carbocycles. The molecule has 0 N–H and O–H groups in total. The molecule has 172 valence electrons. The quantitative estimate of drug-likeness (QED) is 0.377. The zero-order valence-corrected chi connectivity index (χ0v) is 19.3. The third-order valence-corrected chi connectivity index (χ3v) is 6.57. The van der Waals surface area contributed by atoms with Gasteiger partial charge >= 0.3 is 0 Å². The predicted octanol–water partition coefficient (Wildman–Crippen LogP) is 5.05. The molecule has 35 heavy (non-hydrogen) atoms. The standard InChI is InChI=1S/C29H25N5O/c35-29(23-12-6-2-7-13-23)33-18-16-32(17-19-33)27-26-25(22-10-4-1-5-11-22)20-34(28(26)31-21-30-27)24-14-8-3-9-15-24/h1-15,20-21H,16-19H2. The van der Waals surface area contributed by atoms with Crippen LogP contribution >= 0.6 is 0 Å². The van der Waals surface area contributed by atoms with Crippen LogP contribution in [0.4, 0.5) is 5.82 Å². The van der Waals surface area contributed by atoms with Crippen LogP contribution in [-0.4, -0.2) is 51.5 Å². The molecule has 0 aliphatic carbocycles. The number of para-hydroxylation sites is 1. The minimum absolute atomic E-state index is 0.0817. The van der Waals surface area contributed by atoms with E-state index in [2.05, 4.69) is 52.1 Å². The molecule has 0 radical (unpaired) electrons. The second-order valence-electron chi connectivity index (χ2n) is 8.66. The zero-order valence-electron chi connectivity index (χ0n) is 19.3. The predicted molar refractivity (Wildman–Crippen MR) is 139 cm³/mol. The molecule has 0 unspecified atom stereocenters. The molecule has 1 aliphatic heterocycles. The fraction of sp³-hybridized carbons (Fsp3) is 0.138. The zero-order chi connectivity index (χ0) is 23.6. The lowest BCUT2D eigenvalue weighted by Gasteiger charge is -2.35. The smallest absolute Gasteiger partial charge is 0.253 e. The molecule has 1 saturated heterocycles. The number of fused-ring (bicyclic) bond motifs is 1. The van der Waals surface area contributed by atoms with E-state index in [1.807, 2.05) is 59.5 Å². The number of carbonyl (C=O) groups is 1. The molecule has 5 aromatic rings. The molecule has 3 heterocycles. The highest BCUT2D eigenvalue weighted by Gasteiger charge is 2.26. The van der Waals surface area contributed by atoms with Gasteiger partial charge in [0.1, 0.15) is 12.1 Å². The fourth-order valence-corrected chi connectivity index (χ4v) is 4.79. The van der Waals surface area contributed by atoms with E-state index < -0.39 is 0 Å². The first-order chi connectivity index (χ1) is 17.3. The summed E-state index contributed by atoms with van der Waals surface area (Å²) in [6.07, 6.45) is 3.80. The van der Waals surface area contributed by atoms with E-state index >= 15 is 0 Å². The second-order valence-corrected chi connectivity index (χ2v) is 8.66. The van der Waals surface area contributed by atoms with Gasteiger partial charge in [0.15, 0.2) is 5.65 Å². The van der Waals surface area contributed by atoms with E-state index in [4.69, 9.17) is 9.97 Å². The molecule has 1 amide bonds. The number of amides is 1. The third kappa shape index (κ3) is 3.93. The van der Waals surface area contributed by atoms with Gasteiger partial charge in [0.2, 0.25) is 0 Å². The molecule has 0 bridgehead atoms. The maximum absolute atomic E-state index is 12.9. The lowest BCUT2D eigenvalue weighted by molar-refractivity contribution is 0.0746. The van der Waals surface area contributed by atoms with Crippen molar-refractivity contribution in [2.24, 2.45) is 0 Å². The number of hydrogen-bond donors (Lipinski definition) is 0. The Kier molecular flexibility index (Phi) is 5.47. The van der Waals surface area contributed by atoms with E-state index in [0.29, 0.717) is 13.1 Å². The van der Waals surface area contributed by atoms with Gasteiger partial charge in [-0.3, -0.25) is 4.79 Å². The first-order valence-electron chi connectivity index (χ1n) is 11.9. The van der Waals surface area contributed by atoms with Crippen molar-refractivity contribution in [3.63, 3.8) is 0 Å². The van der Waals surface area contributed by atoms with Gasteiger partial charge in [-0.25, -0.2) is 9.97 Å². The molecule has 1 fully saturated rings. The van der Waals surface area contributed by atoms with Crippen molar-refractivity contribution in [1.29, 1.82) is 0 Å². The lowest BCUT2D eigenvalue weighted by Crippen LogP contribution is -2.49. The molecule has 0 saturated carbocycles. The third-order valence-electron chi connectivity index (χ3n) is 6.57. The van der Waals surface area contributed by atoms with Crippen LogP contribution in [0.5, 0.6) is 0 Å². The topological polar surface area (TPSA) is 54.3 Å². The molecule has 0 spiro atoms. The van der Waals surface area contributed by atoms with Gasteiger partial charge < -0.3 is 14.4 Å². The Morgan fingerprint density at radius 1 is 0.714 bits per heavy atom. The number of aromatic nitrogens is 3. The van der Waals surface area contributed by atoms with Crippen molar-refractivity contribution in [1.82, 2.24) is 19.4 Å². The van der Waals surface area contributed by atoms with E-state index in [0.717, 1.165) is 52.3 Å². The summed E-state index contributed by atoms with van der Waals surface area (Å²) in [4.78, 5) is 26.6. The first kappa shape index (κ1) is 21.1. The maximum atomic E-state index is 12.9. The summed E-state index contributed by atoms with van der Waals surface area (Å²) in [5.74, 6) is 0.994. The van der Waals surface area contributed by atoms with Crippen molar-refractivity contribution < 1.29 is 4.79 Å². The molecule has 6 heteroatoms. The highest BCUT2D eigenvalue weighted by atomic mass is 16.2. The van der Waals surface area contributed by atoms with Crippen LogP contribution in [0.25, 0.3) is 27.8 Å². The van der Waals surface area contributed by atoms with Gasteiger partial charge in [-0.15, -0.1) is 0 Å². The van der Waals surface area contributed by atoms with Crippen LogP contribution in [0.2, 0.25) is 0 Å². The Bertz CT molecular complexity index is 1460. The summed E-state index contributed by atoms with van der Waals surface area (Å²) in [5.41, 5.74) is 4.89. The van der Waals surface area contributed by atoms with Crippen molar-refractivity contribution in [3.8, 4) is 16.8 Å². The monoisotopic (exact) mass is 459 g/mol. The number of hydrogen-bond acceptors (Lipinski definition) is 4. The SMILES string of the molecule is O=C(c1ccccc1)N1CCN(c2ncnc3c2c(-c2ccccc2)cn3-c2ccccc2)CC1. The highest BCUT2D eigenvalue weighted by molar-refractivity contribution is 6.02. The summed E-state index contributed by atoms with van der Waals surface area (Å²) in [7, 11) is 0. The summed E-state index contributed by atoms with van der Waals surface area (Å²) >= 11 is 0. The summed E-state index contributed by atoms with van der Waals surface area (Å²) in [6, 6.07) is 30.1. The van der Waals surface area contributed by atoms with Crippen LogP contribution in [0.15, 0.2) is 104 Å². The van der Waals surface area contributed by atoms with Crippen molar-refractivity contribution in [3.05, 3.63) is 109 Å². The summed E-state index contributed by atoms with van der Waals surface area (Å²) in [6.45, 7) is 2.74. The number of nitrogens with zero attached hydrogens (tertiary/aromatic N) is 5. The second kappa shape index (κ2) is 9.06. The summed E-state index contributed by atoms with van der Waals surface area (Å²) < 4.78 is 2.14. The van der Waals surface area contributed by atoms with Gasteiger partial charge in [-0.05, 0) is 29.8 Å². The Labute approximate surface area is 204 Å². The number of rotatable bonds is 4. The largest absolute Gasteiger partial charge is 0.352 e. The van der Waals surface area contributed by atoms with Gasteiger partial charge in [0.25, 0.3) is 5.91 Å². The first-order valence-corrected chi connectivity index (χ1v) is 11.9. The van der Waals surface area contributed by atoms with Crippen molar-refractivity contribution in [2.45, 2.75) is 0 Å². The van der Waals surface area contributed by atoms with Gasteiger partial charge in [0.05, 0.1) is 5.39 Å². The maximum Gasteiger partial charge on any atom is 0.253 e. The van der Waals surface area contributed by atoms with E-state index in [9.17, 15) is 4.79 Å². The minimum atomic E-state index is 0.0817. The molecule has 1 aliphatic rings. The van der Waals surface area contributed by atoms with Crippen LogP contribution in [0, 0.1) is 0 Å². The van der Waals surface area contributed by atoms with E-state index in [1.54, 1.807) is 6.33 Å². The molecule has 0 atom stereocenters. The molecular weight excluding hydrogens is 434 g/mol. The number of anilines is 1. The molecule has 6 nitrogen and oxygen atoms in total. The average molecular weight is 460 g/mol. The Morgan fingerprint density at radius 2 is 1.34 bits per heavy atom. The minimum Gasteiger partial charge on any atom is -0.352 e. The highest BCUT2D eigenvalue weighted by Crippen LogP contribution is 2.37. The van der Waals surface area contributed by atoms with E-state index in [1.165, 1.54) is 0 Å². The Balaban J connectivity index is 1.38. The van der Waals surface area contributed by atoms with Crippen LogP contribution in [0.1, 0.15) is 10.4 Å². The molecule has 6 rings (SSSR count). The van der Waals surface area contributed by atoms with Gasteiger partial charge in [-0.1, -0.05) is 66.7 Å². The Morgan fingerprint density at radius 3 is 2.03 bits per heavy atom. The molecular formula is C29H25N5O. The molecule has 2 aromatic heterocycles. The van der Waals surface area contributed by atoms with Gasteiger partial charge in [0, 0.05) is 49.2 Å². The van der Waals surface area contributed by atoms with Crippen LogP contribution in [-0.2, 0) is 0 Å². The summed E-state index contributed by atoms with van der Waals surface area (Å²) in [5, 5.41) is 1.03. The fourth-order valence-electron chi connectivity index (χ4n) is 4.79. The Hall–Kier alpha value is -4.45.